The van der Waals surface area contributed by atoms with Gasteiger partial charge in [0, 0.05) is 12.1 Å². The SMILES string of the molecule is COc1ccc(C2=NNCC(C)C2)cc1OC. The van der Waals surface area contributed by atoms with Crippen LogP contribution in [0.3, 0.4) is 0 Å². The van der Waals surface area contributed by atoms with Gasteiger partial charge in [0.2, 0.25) is 0 Å². The fraction of sp³-hybridized carbons (Fsp3) is 0.462. The first-order valence-corrected chi connectivity index (χ1v) is 5.76. The summed E-state index contributed by atoms with van der Waals surface area (Å²) in [5.74, 6) is 2.09. The molecule has 0 spiro atoms. The van der Waals surface area contributed by atoms with E-state index < -0.39 is 0 Å². The lowest BCUT2D eigenvalue weighted by atomic mass is 9.97. The molecule has 1 unspecified atom stereocenters. The van der Waals surface area contributed by atoms with Crippen molar-refractivity contribution >= 4 is 5.71 Å². The summed E-state index contributed by atoms with van der Waals surface area (Å²) in [6.45, 7) is 3.15. The Balaban J connectivity index is 2.30. The summed E-state index contributed by atoms with van der Waals surface area (Å²) in [5, 5.41) is 4.35. The smallest absolute Gasteiger partial charge is 0.161 e. The van der Waals surface area contributed by atoms with Gasteiger partial charge in [0.05, 0.1) is 19.9 Å². The molecule has 17 heavy (non-hydrogen) atoms. The summed E-state index contributed by atoms with van der Waals surface area (Å²) in [6.07, 6.45) is 0.989. The van der Waals surface area contributed by atoms with Gasteiger partial charge in [0.25, 0.3) is 0 Å². The summed E-state index contributed by atoms with van der Waals surface area (Å²) in [6, 6.07) is 5.90. The van der Waals surface area contributed by atoms with E-state index in [4.69, 9.17) is 9.47 Å². The molecular formula is C13H18N2O2. The van der Waals surface area contributed by atoms with E-state index in [1.165, 1.54) is 0 Å². The van der Waals surface area contributed by atoms with Gasteiger partial charge in [-0.05, 0) is 30.5 Å². The first-order valence-electron chi connectivity index (χ1n) is 5.76. The Kier molecular flexibility index (Phi) is 3.52. The Morgan fingerprint density at radius 1 is 1.24 bits per heavy atom. The van der Waals surface area contributed by atoms with Gasteiger partial charge in [0.15, 0.2) is 11.5 Å². The molecule has 0 fully saturated rings. The second-order valence-electron chi connectivity index (χ2n) is 4.30. The summed E-state index contributed by atoms with van der Waals surface area (Å²) >= 11 is 0. The minimum absolute atomic E-state index is 0.607. The van der Waals surface area contributed by atoms with Gasteiger partial charge < -0.3 is 14.9 Å². The third-order valence-electron chi connectivity index (χ3n) is 2.91. The highest BCUT2D eigenvalue weighted by Gasteiger charge is 2.15. The van der Waals surface area contributed by atoms with Crippen LogP contribution in [0, 0.1) is 5.92 Å². The largest absolute Gasteiger partial charge is 0.493 e. The van der Waals surface area contributed by atoms with Crippen molar-refractivity contribution in [1.29, 1.82) is 0 Å². The molecule has 1 atom stereocenters. The van der Waals surface area contributed by atoms with Gasteiger partial charge in [-0.15, -0.1) is 0 Å². The number of benzene rings is 1. The maximum Gasteiger partial charge on any atom is 0.161 e. The van der Waals surface area contributed by atoms with E-state index in [-0.39, 0.29) is 0 Å². The molecule has 0 aromatic heterocycles. The molecule has 0 saturated heterocycles. The lowest BCUT2D eigenvalue weighted by Gasteiger charge is -2.20. The van der Waals surface area contributed by atoms with Gasteiger partial charge >= 0.3 is 0 Å². The zero-order chi connectivity index (χ0) is 12.3. The van der Waals surface area contributed by atoms with Crippen LogP contribution >= 0.6 is 0 Å². The Morgan fingerprint density at radius 2 is 2.00 bits per heavy atom. The predicted molar refractivity (Wildman–Crippen MR) is 67.9 cm³/mol. The molecule has 92 valence electrons. The maximum absolute atomic E-state index is 5.29. The monoisotopic (exact) mass is 234 g/mol. The predicted octanol–water partition coefficient (Wildman–Crippen LogP) is 2.04. The van der Waals surface area contributed by atoms with Gasteiger partial charge in [-0.3, -0.25) is 0 Å². The highest BCUT2D eigenvalue weighted by atomic mass is 16.5. The second-order valence-corrected chi connectivity index (χ2v) is 4.30. The molecule has 1 N–H and O–H groups in total. The van der Waals surface area contributed by atoms with Crippen LogP contribution in [0.5, 0.6) is 11.5 Å². The number of hydrazone groups is 1. The third-order valence-corrected chi connectivity index (χ3v) is 2.91. The third kappa shape index (κ3) is 2.52. The van der Waals surface area contributed by atoms with E-state index in [0.29, 0.717) is 5.92 Å². The van der Waals surface area contributed by atoms with Crippen molar-refractivity contribution < 1.29 is 9.47 Å². The Labute approximate surface area is 102 Å². The molecular weight excluding hydrogens is 216 g/mol. The summed E-state index contributed by atoms with van der Waals surface area (Å²) in [5.41, 5.74) is 5.22. The van der Waals surface area contributed by atoms with Gasteiger partial charge in [-0.25, -0.2) is 0 Å². The molecule has 0 bridgehead atoms. The summed E-state index contributed by atoms with van der Waals surface area (Å²) < 4.78 is 10.5. The van der Waals surface area contributed by atoms with Crippen LogP contribution in [0.2, 0.25) is 0 Å². The van der Waals surface area contributed by atoms with Crippen LogP contribution in [0.25, 0.3) is 0 Å². The van der Waals surface area contributed by atoms with Crippen molar-refractivity contribution in [2.75, 3.05) is 20.8 Å². The number of methoxy groups -OCH3 is 2. The zero-order valence-corrected chi connectivity index (χ0v) is 10.5. The van der Waals surface area contributed by atoms with Crippen LogP contribution in [0.1, 0.15) is 18.9 Å². The molecule has 1 aromatic carbocycles. The van der Waals surface area contributed by atoms with Crippen molar-refractivity contribution in [3.8, 4) is 11.5 Å². The molecule has 2 rings (SSSR count). The van der Waals surface area contributed by atoms with Crippen LogP contribution in [0.4, 0.5) is 0 Å². The minimum Gasteiger partial charge on any atom is -0.493 e. The Hall–Kier alpha value is -1.71. The highest BCUT2D eigenvalue weighted by molar-refractivity contribution is 6.01. The number of hydrogen-bond donors (Lipinski definition) is 1. The van der Waals surface area contributed by atoms with E-state index in [2.05, 4.69) is 17.5 Å². The van der Waals surface area contributed by atoms with Crippen molar-refractivity contribution in [3.63, 3.8) is 0 Å². The van der Waals surface area contributed by atoms with Crippen molar-refractivity contribution in [2.45, 2.75) is 13.3 Å². The van der Waals surface area contributed by atoms with E-state index in [9.17, 15) is 0 Å². The standard InChI is InChI=1S/C13H18N2O2/c1-9-6-11(15-14-8-9)10-4-5-12(16-2)13(7-10)17-3/h4-5,7,9,14H,6,8H2,1-3H3. The molecule has 4 nitrogen and oxygen atoms in total. The normalized spacial score (nSPS) is 19.2. The summed E-state index contributed by atoms with van der Waals surface area (Å²) in [7, 11) is 3.28. The molecule has 0 radical (unpaired) electrons. The topological polar surface area (TPSA) is 42.8 Å². The average molecular weight is 234 g/mol. The number of nitrogens with zero attached hydrogens (tertiary/aromatic N) is 1. The van der Waals surface area contributed by atoms with E-state index in [1.807, 2.05) is 18.2 Å². The van der Waals surface area contributed by atoms with Crippen molar-refractivity contribution in [2.24, 2.45) is 11.0 Å². The molecule has 1 aliphatic rings. The van der Waals surface area contributed by atoms with E-state index >= 15 is 0 Å². The fourth-order valence-corrected chi connectivity index (χ4v) is 1.94. The quantitative estimate of drug-likeness (QED) is 0.870. The number of hydrogen-bond acceptors (Lipinski definition) is 4. The molecule has 1 aromatic rings. The van der Waals surface area contributed by atoms with Crippen molar-refractivity contribution in [3.05, 3.63) is 23.8 Å². The highest BCUT2D eigenvalue weighted by Crippen LogP contribution is 2.28. The first-order chi connectivity index (χ1) is 8.24. The first kappa shape index (κ1) is 11.8. The minimum atomic E-state index is 0.607. The second kappa shape index (κ2) is 5.08. The lowest BCUT2D eigenvalue weighted by molar-refractivity contribution is 0.355. The zero-order valence-electron chi connectivity index (χ0n) is 10.5. The van der Waals surface area contributed by atoms with Gasteiger partial charge in [0.1, 0.15) is 0 Å². The number of nitrogens with one attached hydrogen (secondary N) is 1. The van der Waals surface area contributed by atoms with Crippen LogP contribution < -0.4 is 14.9 Å². The summed E-state index contributed by atoms with van der Waals surface area (Å²) in [4.78, 5) is 0. The Morgan fingerprint density at radius 3 is 2.65 bits per heavy atom. The maximum atomic E-state index is 5.29. The van der Waals surface area contributed by atoms with Gasteiger partial charge in [-0.1, -0.05) is 6.92 Å². The molecule has 0 aliphatic carbocycles. The molecule has 1 aliphatic heterocycles. The molecule has 4 heteroatoms. The van der Waals surface area contributed by atoms with E-state index in [0.717, 1.165) is 35.7 Å². The number of ether oxygens (including phenoxy) is 2. The van der Waals surface area contributed by atoms with Crippen LogP contribution in [-0.2, 0) is 0 Å². The van der Waals surface area contributed by atoms with E-state index in [1.54, 1.807) is 14.2 Å². The molecule has 0 amide bonds. The van der Waals surface area contributed by atoms with Crippen molar-refractivity contribution in [1.82, 2.24) is 5.43 Å². The average Bonchev–Trinajstić information content (AvgIpc) is 2.38. The lowest BCUT2D eigenvalue weighted by Crippen LogP contribution is -2.26. The Bertz CT molecular complexity index is 429. The fourth-order valence-electron chi connectivity index (χ4n) is 1.94. The van der Waals surface area contributed by atoms with Crippen LogP contribution in [0.15, 0.2) is 23.3 Å². The van der Waals surface area contributed by atoms with Gasteiger partial charge in [-0.2, -0.15) is 5.10 Å². The molecule has 1 heterocycles. The molecule has 0 saturated carbocycles. The van der Waals surface area contributed by atoms with Crippen LogP contribution in [-0.4, -0.2) is 26.5 Å². The number of rotatable bonds is 3.